The van der Waals surface area contributed by atoms with Gasteiger partial charge in [-0.2, -0.15) is 0 Å². The van der Waals surface area contributed by atoms with Crippen LogP contribution in [0.5, 0.6) is 0 Å². The minimum Gasteiger partial charge on any atom is -0.370 e. The molecule has 0 saturated carbocycles. The predicted molar refractivity (Wildman–Crippen MR) is 61.2 cm³/mol. The number of pyridine rings is 1. The standard InChI is InChI=1S/C10H14N4O2/c1-3-12-10-7(9(11)16)4-5-8(14-10)13-6(2)15/h4-5H,3H2,1-2H3,(H2,11,16)(H2,12,13,14,15). The Balaban J connectivity index is 3.06. The molecular weight excluding hydrogens is 208 g/mol. The molecule has 2 amide bonds. The highest BCUT2D eigenvalue weighted by Gasteiger charge is 2.10. The molecule has 16 heavy (non-hydrogen) atoms. The van der Waals surface area contributed by atoms with Crippen LogP contribution < -0.4 is 16.4 Å². The van der Waals surface area contributed by atoms with E-state index in [0.717, 1.165) is 0 Å². The van der Waals surface area contributed by atoms with Gasteiger partial charge in [0.1, 0.15) is 11.6 Å². The van der Waals surface area contributed by atoms with Crippen molar-refractivity contribution in [3.05, 3.63) is 17.7 Å². The summed E-state index contributed by atoms with van der Waals surface area (Å²) < 4.78 is 0. The predicted octanol–water partition coefficient (Wildman–Crippen LogP) is 0.571. The molecule has 0 spiro atoms. The molecule has 1 aromatic rings. The number of aromatic nitrogens is 1. The Morgan fingerprint density at radius 2 is 2.12 bits per heavy atom. The molecule has 6 heteroatoms. The maximum atomic E-state index is 11.1. The average molecular weight is 222 g/mol. The molecule has 1 rings (SSSR count). The van der Waals surface area contributed by atoms with E-state index < -0.39 is 5.91 Å². The number of amides is 2. The van der Waals surface area contributed by atoms with E-state index in [1.165, 1.54) is 19.1 Å². The molecule has 0 fully saturated rings. The van der Waals surface area contributed by atoms with Crippen LogP contribution in [-0.4, -0.2) is 23.3 Å². The Kier molecular flexibility index (Phi) is 3.82. The van der Waals surface area contributed by atoms with Crippen LogP contribution >= 0.6 is 0 Å². The van der Waals surface area contributed by atoms with E-state index in [2.05, 4.69) is 15.6 Å². The second-order valence-corrected chi connectivity index (χ2v) is 3.17. The minimum atomic E-state index is -0.558. The van der Waals surface area contributed by atoms with Gasteiger partial charge in [0, 0.05) is 13.5 Å². The molecule has 0 unspecified atom stereocenters. The van der Waals surface area contributed by atoms with E-state index in [9.17, 15) is 9.59 Å². The Morgan fingerprint density at radius 3 is 2.62 bits per heavy atom. The summed E-state index contributed by atoms with van der Waals surface area (Å²) in [7, 11) is 0. The Bertz CT molecular complexity index is 417. The summed E-state index contributed by atoms with van der Waals surface area (Å²) in [5.74, 6) is -0.0192. The van der Waals surface area contributed by atoms with Crippen molar-refractivity contribution in [2.75, 3.05) is 17.2 Å². The number of anilines is 2. The van der Waals surface area contributed by atoms with Crippen molar-refractivity contribution in [2.45, 2.75) is 13.8 Å². The number of hydrogen-bond donors (Lipinski definition) is 3. The summed E-state index contributed by atoms with van der Waals surface area (Å²) in [6.07, 6.45) is 0. The Hall–Kier alpha value is -2.11. The lowest BCUT2D eigenvalue weighted by atomic mass is 10.2. The van der Waals surface area contributed by atoms with Crippen LogP contribution in [0.4, 0.5) is 11.6 Å². The lowest BCUT2D eigenvalue weighted by Crippen LogP contribution is -2.17. The smallest absolute Gasteiger partial charge is 0.252 e. The first-order valence-corrected chi connectivity index (χ1v) is 4.87. The maximum absolute atomic E-state index is 11.1. The number of hydrogen-bond acceptors (Lipinski definition) is 4. The molecule has 0 bridgehead atoms. The first-order chi connectivity index (χ1) is 7.54. The van der Waals surface area contributed by atoms with Gasteiger partial charge in [0.25, 0.3) is 5.91 Å². The third kappa shape index (κ3) is 2.94. The number of nitrogens with zero attached hydrogens (tertiary/aromatic N) is 1. The van der Waals surface area contributed by atoms with Crippen LogP contribution in [-0.2, 0) is 4.79 Å². The minimum absolute atomic E-state index is 0.221. The van der Waals surface area contributed by atoms with E-state index in [0.29, 0.717) is 23.7 Å². The van der Waals surface area contributed by atoms with Crippen LogP contribution in [0.1, 0.15) is 24.2 Å². The normalized spacial score (nSPS) is 9.62. The maximum Gasteiger partial charge on any atom is 0.252 e. The van der Waals surface area contributed by atoms with Crippen molar-refractivity contribution in [1.29, 1.82) is 0 Å². The van der Waals surface area contributed by atoms with Gasteiger partial charge >= 0.3 is 0 Å². The van der Waals surface area contributed by atoms with E-state index in [1.54, 1.807) is 0 Å². The summed E-state index contributed by atoms with van der Waals surface area (Å²) >= 11 is 0. The van der Waals surface area contributed by atoms with E-state index in [1.807, 2.05) is 6.92 Å². The molecular formula is C10H14N4O2. The summed E-state index contributed by atoms with van der Waals surface area (Å²) in [4.78, 5) is 26.0. The first-order valence-electron chi connectivity index (χ1n) is 4.87. The highest BCUT2D eigenvalue weighted by Crippen LogP contribution is 2.15. The fourth-order valence-corrected chi connectivity index (χ4v) is 1.21. The zero-order chi connectivity index (χ0) is 12.1. The molecule has 0 atom stereocenters. The molecule has 0 aromatic carbocycles. The molecule has 4 N–H and O–H groups in total. The molecule has 86 valence electrons. The van der Waals surface area contributed by atoms with E-state index in [-0.39, 0.29) is 5.91 Å². The molecule has 1 heterocycles. The lowest BCUT2D eigenvalue weighted by molar-refractivity contribution is -0.114. The molecule has 0 saturated heterocycles. The van der Waals surface area contributed by atoms with Crippen LogP contribution in [0.2, 0.25) is 0 Å². The highest BCUT2D eigenvalue weighted by molar-refractivity contribution is 5.98. The van der Waals surface area contributed by atoms with Crippen LogP contribution in [0, 0.1) is 0 Å². The SMILES string of the molecule is CCNc1nc(NC(C)=O)ccc1C(N)=O. The number of carbonyl (C=O) groups is 2. The van der Waals surface area contributed by atoms with Crippen molar-refractivity contribution in [2.24, 2.45) is 5.73 Å². The number of carbonyl (C=O) groups excluding carboxylic acids is 2. The fraction of sp³-hybridized carbons (Fsp3) is 0.300. The van der Waals surface area contributed by atoms with Gasteiger partial charge in [-0.25, -0.2) is 4.98 Å². The Morgan fingerprint density at radius 1 is 1.44 bits per heavy atom. The van der Waals surface area contributed by atoms with Crippen molar-refractivity contribution in [3.63, 3.8) is 0 Å². The number of primary amides is 1. The zero-order valence-electron chi connectivity index (χ0n) is 9.20. The molecule has 0 aliphatic rings. The summed E-state index contributed by atoms with van der Waals surface area (Å²) in [6.45, 7) is 3.87. The van der Waals surface area contributed by atoms with Crippen molar-refractivity contribution < 1.29 is 9.59 Å². The monoisotopic (exact) mass is 222 g/mol. The van der Waals surface area contributed by atoms with E-state index in [4.69, 9.17) is 5.73 Å². The first kappa shape index (κ1) is 12.0. The third-order valence-electron chi connectivity index (χ3n) is 1.81. The number of nitrogens with one attached hydrogen (secondary N) is 2. The van der Waals surface area contributed by atoms with E-state index >= 15 is 0 Å². The average Bonchev–Trinajstić information content (AvgIpc) is 2.17. The van der Waals surface area contributed by atoms with Gasteiger partial charge in [-0.3, -0.25) is 9.59 Å². The molecule has 1 aromatic heterocycles. The van der Waals surface area contributed by atoms with Gasteiger partial charge in [0.2, 0.25) is 5.91 Å². The van der Waals surface area contributed by atoms with Crippen LogP contribution in [0.15, 0.2) is 12.1 Å². The van der Waals surface area contributed by atoms with Gasteiger partial charge in [0.15, 0.2) is 0 Å². The summed E-state index contributed by atoms with van der Waals surface area (Å²) in [6, 6.07) is 3.06. The van der Waals surface area contributed by atoms with Gasteiger partial charge in [-0.15, -0.1) is 0 Å². The van der Waals surface area contributed by atoms with Gasteiger partial charge in [-0.05, 0) is 19.1 Å². The molecule has 0 aliphatic carbocycles. The molecule has 0 radical (unpaired) electrons. The third-order valence-corrected chi connectivity index (χ3v) is 1.81. The highest BCUT2D eigenvalue weighted by atomic mass is 16.1. The number of nitrogens with two attached hydrogens (primary N) is 1. The zero-order valence-corrected chi connectivity index (χ0v) is 9.20. The fourth-order valence-electron chi connectivity index (χ4n) is 1.21. The summed E-state index contributed by atoms with van der Waals surface area (Å²) in [5, 5.41) is 5.44. The van der Waals surface area contributed by atoms with Crippen molar-refractivity contribution in [3.8, 4) is 0 Å². The lowest BCUT2D eigenvalue weighted by Gasteiger charge is -2.09. The molecule has 0 aliphatic heterocycles. The molecule has 6 nitrogen and oxygen atoms in total. The van der Waals surface area contributed by atoms with Crippen molar-refractivity contribution >= 4 is 23.5 Å². The Labute approximate surface area is 93.2 Å². The topological polar surface area (TPSA) is 97.1 Å². The number of rotatable bonds is 4. The van der Waals surface area contributed by atoms with Gasteiger partial charge < -0.3 is 16.4 Å². The van der Waals surface area contributed by atoms with Crippen LogP contribution in [0.3, 0.4) is 0 Å². The summed E-state index contributed by atoms with van der Waals surface area (Å²) in [5.41, 5.74) is 5.49. The van der Waals surface area contributed by atoms with Crippen LogP contribution in [0.25, 0.3) is 0 Å². The quantitative estimate of drug-likeness (QED) is 0.693. The second kappa shape index (κ2) is 5.11. The van der Waals surface area contributed by atoms with Gasteiger partial charge in [0.05, 0.1) is 5.56 Å². The van der Waals surface area contributed by atoms with Crippen molar-refractivity contribution in [1.82, 2.24) is 4.98 Å². The second-order valence-electron chi connectivity index (χ2n) is 3.17. The largest absolute Gasteiger partial charge is 0.370 e. The van der Waals surface area contributed by atoms with Gasteiger partial charge in [-0.1, -0.05) is 0 Å².